The lowest BCUT2D eigenvalue weighted by Crippen LogP contribution is -2.50. The molecule has 0 fully saturated rings. The van der Waals surface area contributed by atoms with Crippen LogP contribution >= 0.6 is 0 Å². The Kier molecular flexibility index (Phi) is 3.34. The minimum Gasteiger partial charge on any atom is -0.480 e. The zero-order valence-corrected chi connectivity index (χ0v) is 6.93. The first-order valence-electron chi connectivity index (χ1n) is 2.85. The van der Waals surface area contributed by atoms with Crippen LogP contribution in [0.2, 0.25) is 0 Å². The molecule has 0 saturated heterocycles. The summed E-state index contributed by atoms with van der Waals surface area (Å²) in [5.74, 6) is -3.84. The van der Waals surface area contributed by atoms with Gasteiger partial charge in [-0.3, -0.25) is 14.1 Å². The molecular formula is C4H7NO7S. The van der Waals surface area contributed by atoms with Gasteiger partial charge >= 0.3 is 11.9 Å². The third-order valence-electron chi connectivity index (χ3n) is 1.18. The lowest BCUT2D eigenvalue weighted by Gasteiger charge is -2.12. The zero-order valence-electron chi connectivity index (χ0n) is 6.11. The molecule has 0 spiro atoms. The first-order valence-corrected chi connectivity index (χ1v) is 4.35. The highest BCUT2D eigenvalue weighted by molar-refractivity contribution is 7.87. The maximum Gasteiger partial charge on any atom is 0.326 e. The second kappa shape index (κ2) is 3.68. The number of nitrogens with two attached hydrogens (primary N) is 1. The van der Waals surface area contributed by atoms with Gasteiger partial charge in [-0.2, -0.15) is 8.42 Å². The van der Waals surface area contributed by atoms with Gasteiger partial charge in [0.15, 0.2) is 0 Å². The van der Waals surface area contributed by atoms with Crippen molar-refractivity contribution in [3.8, 4) is 0 Å². The fraction of sp³-hybridized carbons (Fsp3) is 0.500. The fourth-order valence-corrected chi connectivity index (χ4v) is 1.34. The first kappa shape index (κ1) is 11.8. The Morgan fingerprint density at radius 1 is 1.15 bits per heavy atom. The molecule has 8 nitrogen and oxygen atoms in total. The van der Waals surface area contributed by atoms with Crippen LogP contribution in [0.15, 0.2) is 0 Å². The topological polar surface area (TPSA) is 155 Å². The summed E-state index contributed by atoms with van der Waals surface area (Å²) in [6, 6.07) is -2.20. The molecule has 0 aromatic rings. The first-order chi connectivity index (χ1) is 5.68. The van der Waals surface area contributed by atoms with Gasteiger partial charge in [-0.1, -0.05) is 0 Å². The summed E-state index contributed by atoms with van der Waals surface area (Å²) in [6.45, 7) is 0. The predicted octanol–water partition coefficient (Wildman–Crippen LogP) is -2.26. The van der Waals surface area contributed by atoms with Crippen LogP contribution in [-0.2, 0) is 19.7 Å². The lowest BCUT2D eigenvalue weighted by molar-refractivity contribution is -0.144. The number of carbonyl (C=O) groups is 2. The van der Waals surface area contributed by atoms with Crippen LogP contribution < -0.4 is 5.73 Å². The number of rotatable bonds is 4. The van der Waals surface area contributed by atoms with E-state index >= 15 is 0 Å². The maximum atomic E-state index is 10.4. The molecular weight excluding hydrogens is 206 g/mol. The SMILES string of the molecule is N[C@H](C(=O)O)[C@H](C(=O)O)S(=O)(=O)O. The molecule has 2 atom stereocenters. The fourth-order valence-electron chi connectivity index (χ4n) is 0.596. The molecule has 0 aromatic heterocycles. The van der Waals surface area contributed by atoms with Gasteiger partial charge in [0.05, 0.1) is 0 Å². The highest BCUT2D eigenvalue weighted by Gasteiger charge is 2.40. The van der Waals surface area contributed by atoms with Crippen molar-refractivity contribution in [2.75, 3.05) is 0 Å². The number of carboxylic acid groups (broad SMARTS) is 2. The Morgan fingerprint density at radius 2 is 1.54 bits per heavy atom. The van der Waals surface area contributed by atoms with E-state index in [2.05, 4.69) is 0 Å². The van der Waals surface area contributed by atoms with Crippen molar-refractivity contribution < 1.29 is 32.8 Å². The second-order valence-corrected chi connectivity index (χ2v) is 3.68. The quantitative estimate of drug-likeness (QED) is 0.381. The molecule has 5 N–H and O–H groups in total. The van der Waals surface area contributed by atoms with Gasteiger partial charge in [0, 0.05) is 0 Å². The summed E-state index contributed by atoms with van der Waals surface area (Å²) in [7, 11) is -5.01. The van der Waals surface area contributed by atoms with Crippen molar-refractivity contribution in [1.29, 1.82) is 0 Å². The van der Waals surface area contributed by atoms with Crippen LogP contribution in [0.5, 0.6) is 0 Å². The Bertz CT molecular complexity index is 319. The number of hydrogen-bond donors (Lipinski definition) is 4. The van der Waals surface area contributed by atoms with Crippen LogP contribution in [0.4, 0.5) is 0 Å². The lowest BCUT2D eigenvalue weighted by atomic mass is 10.2. The standard InChI is InChI=1S/C4H7NO7S/c5-1(3(6)7)2(4(8)9)13(10,11)12/h1-2H,5H2,(H,6,7)(H,8,9)(H,10,11,12)/t1-,2+/m0/s1. The summed E-state index contributed by atoms with van der Waals surface area (Å²) in [6.07, 6.45) is 0. The number of aliphatic carboxylic acids is 2. The maximum absolute atomic E-state index is 10.4. The molecule has 0 aliphatic heterocycles. The molecule has 0 rings (SSSR count). The van der Waals surface area contributed by atoms with Gasteiger partial charge in [0.25, 0.3) is 10.1 Å². The van der Waals surface area contributed by atoms with E-state index in [0.29, 0.717) is 0 Å². The van der Waals surface area contributed by atoms with Crippen molar-refractivity contribution in [1.82, 2.24) is 0 Å². The van der Waals surface area contributed by atoms with E-state index in [1.807, 2.05) is 0 Å². The Balaban J connectivity index is 5.07. The van der Waals surface area contributed by atoms with Crippen molar-refractivity contribution >= 4 is 22.1 Å². The highest BCUT2D eigenvalue weighted by atomic mass is 32.2. The zero-order chi connectivity index (χ0) is 10.8. The van der Waals surface area contributed by atoms with E-state index in [-0.39, 0.29) is 0 Å². The van der Waals surface area contributed by atoms with Crippen molar-refractivity contribution in [2.24, 2.45) is 5.73 Å². The average Bonchev–Trinajstić information content (AvgIpc) is 1.82. The van der Waals surface area contributed by atoms with Crippen molar-refractivity contribution in [2.45, 2.75) is 11.3 Å². The summed E-state index contributed by atoms with van der Waals surface area (Å²) in [5.41, 5.74) is 4.73. The highest BCUT2D eigenvalue weighted by Crippen LogP contribution is 2.03. The smallest absolute Gasteiger partial charge is 0.326 e. The molecule has 0 aliphatic rings. The van der Waals surface area contributed by atoms with Crippen LogP contribution in [0.25, 0.3) is 0 Å². The summed E-state index contributed by atoms with van der Waals surface area (Å²) in [4.78, 5) is 20.3. The van der Waals surface area contributed by atoms with Crippen LogP contribution in [0.3, 0.4) is 0 Å². The average molecular weight is 213 g/mol. The minimum atomic E-state index is -5.01. The van der Waals surface area contributed by atoms with Crippen molar-refractivity contribution in [3.05, 3.63) is 0 Å². The molecule has 76 valence electrons. The van der Waals surface area contributed by atoms with E-state index in [4.69, 9.17) is 20.5 Å². The molecule has 13 heavy (non-hydrogen) atoms. The van der Waals surface area contributed by atoms with E-state index in [1.165, 1.54) is 0 Å². The molecule has 0 aliphatic carbocycles. The van der Waals surface area contributed by atoms with E-state index < -0.39 is 33.3 Å². The summed E-state index contributed by atoms with van der Waals surface area (Å²) >= 11 is 0. The van der Waals surface area contributed by atoms with Gasteiger partial charge in [0.1, 0.15) is 6.04 Å². The van der Waals surface area contributed by atoms with E-state index in [0.717, 1.165) is 0 Å². The van der Waals surface area contributed by atoms with E-state index in [1.54, 1.807) is 0 Å². The van der Waals surface area contributed by atoms with Gasteiger partial charge in [-0.25, -0.2) is 0 Å². The number of hydrogen-bond acceptors (Lipinski definition) is 5. The monoisotopic (exact) mass is 213 g/mol. The molecule has 0 saturated carbocycles. The van der Waals surface area contributed by atoms with Gasteiger partial charge in [-0.05, 0) is 0 Å². The Morgan fingerprint density at radius 3 is 1.62 bits per heavy atom. The van der Waals surface area contributed by atoms with Gasteiger partial charge in [-0.15, -0.1) is 0 Å². The minimum absolute atomic E-state index is 1.83. The molecule has 0 radical (unpaired) electrons. The van der Waals surface area contributed by atoms with Crippen molar-refractivity contribution in [3.63, 3.8) is 0 Å². The van der Waals surface area contributed by atoms with Crippen LogP contribution in [-0.4, -0.2) is 46.4 Å². The van der Waals surface area contributed by atoms with Gasteiger partial charge in [0.2, 0.25) is 5.25 Å². The van der Waals surface area contributed by atoms with E-state index in [9.17, 15) is 18.0 Å². The summed E-state index contributed by atoms with van der Waals surface area (Å²) < 4.78 is 29.0. The third kappa shape index (κ3) is 2.97. The molecule has 9 heteroatoms. The largest absolute Gasteiger partial charge is 0.480 e. The molecule has 0 unspecified atom stereocenters. The Hall–Kier alpha value is -1.19. The molecule has 0 aromatic carbocycles. The van der Waals surface area contributed by atoms with Gasteiger partial charge < -0.3 is 15.9 Å². The second-order valence-electron chi connectivity index (χ2n) is 2.14. The number of carboxylic acids is 2. The molecule has 0 heterocycles. The molecule has 0 amide bonds. The third-order valence-corrected chi connectivity index (χ3v) is 2.31. The predicted molar refractivity (Wildman–Crippen MR) is 38.6 cm³/mol. The van der Waals surface area contributed by atoms with Crippen LogP contribution in [0, 0.1) is 0 Å². The normalized spacial score (nSPS) is 16.2. The Labute approximate surface area is 72.7 Å². The summed E-state index contributed by atoms with van der Waals surface area (Å²) in [5, 5.41) is 13.9. The molecule has 0 bridgehead atoms. The van der Waals surface area contributed by atoms with Crippen LogP contribution in [0.1, 0.15) is 0 Å².